The van der Waals surface area contributed by atoms with Crippen molar-refractivity contribution in [3.8, 4) is 17.1 Å². The van der Waals surface area contributed by atoms with Gasteiger partial charge in [-0.3, -0.25) is 4.98 Å². The fourth-order valence-corrected chi connectivity index (χ4v) is 1.71. The topological polar surface area (TPSA) is 73.9 Å². The van der Waals surface area contributed by atoms with E-state index in [-0.39, 0.29) is 0 Å². The number of rotatable bonds is 3. The second-order valence-corrected chi connectivity index (χ2v) is 3.49. The number of hydrogen-bond acceptors (Lipinski definition) is 5. The van der Waals surface area contributed by atoms with Crippen molar-refractivity contribution in [1.82, 2.24) is 15.0 Å². The molecule has 0 atom stereocenters. The van der Waals surface area contributed by atoms with Gasteiger partial charge in [0, 0.05) is 11.8 Å². The van der Waals surface area contributed by atoms with Crippen molar-refractivity contribution in [2.45, 2.75) is 13.3 Å². The molecule has 2 heterocycles. The van der Waals surface area contributed by atoms with E-state index in [1.165, 1.54) is 6.33 Å². The molecule has 17 heavy (non-hydrogen) atoms. The summed E-state index contributed by atoms with van der Waals surface area (Å²) < 4.78 is 5.28. The standard InChI is InChI=1S/C12H14N4O/c1-3-8-10(15-7-16-12(8)13)11-9(17-2)5-4-6-14-11/h4-7H,3H2,1-2H3,(H2,13,15,16). The van der Waals surface area contributed by atoms with Gasteiger partial charge in [0.2, 0.25) is 0 Å². The first kappa shape index (κ1) is 11.3. The first-order chi connectivity index (χ1) is 8.27. The van der Waals surface area contributed by atoms with E-state index in [9.17, 15) is 0 Å². The maximum absolute atomic E-state index is 5.84. The van der Waals surface area contributed by atoms with Crippen LogP contribution in [0.4, 0.5) is 5.82 Å². The fourth-order valence-electron chi connectivity index (χ4n) is 1.71. The van der Waals surface area contributed by atoms with Gasteiger partial charge in [0.15, 0.2) is 0 Å². The summed E-state index contributed by atoms with van der Waals surface area (Å²) in [6, 6.07) is 3.67. The van der Waals surface area contributed by atoms with Gasteiger partial charge >= 0.3 is 0 Å². The first-order valence-electron chi connectivity index (χ1n) is 5.36. The lowest BCUT2D eigenvalue weighted by Crippen LogP contribution is -2.03. The van der Waals surface area contributed by atoms with Crippen LogP contribution in [-0.2, 0) is 6.42 Å². The second kappa shape index (κ2) is 4.78. The van der Waals surface area contributed by atoms with Crippen molar-refractivity contribution in [2.75, 3.05) is 12.8 Å². The number of ether oxygens (including phenoxy) is 1. The second-order valence-electron chi connectivity index (χ2n) is 3.49. The molecule has 0 fully saturated rings. The molecule has 2 rings (SSSR count). The molecule has 5 heteroatoms. The van der Waals surface area contributed by atoms with E-state index in [4.69, 9.17) is 10.5 Å². The summed E-state index contributed by atoms with van der Waals surface area (Å²) in [7, 11) is 1.61. The number of nitrogen functional groups attached to an aromatic ring is 1. The summed E-state index contributed by atoms with van der Waals surface area (Å²) in [5.41, 5.74) is 8.16. The van der Waals surface area contributed by atoms with Gasteiger partial charge in [0.05, 0.1) is 7.11 Å². The third kappa shape index (κ3) is 2.04. The molecular weight excluding hydrogens is 216 g/mol. The molecule has 0 amide bonds. The maximum atomic E-state index is 5.84. The third-order valence-corrected chi connectivity index (χ3v) is 2.55. The lowest BCUT2D eigenvalue weighted by atomic mass is 10.1. The predicted molar refractivity (Wildman–Crippen MR) is 65.6 cm³/mol. The van der Waals surface area contributed by atoms with E-state index in [1.54, 1.807) is 13.3 Å². The average molecular weight is 230 g/mol. The lowest BCUT2D eigenvalue weighted by Gasteiger charge is -2.10. The van der Waals surface area contributed by atoms with Crippen molar-refractivity contribution in [3.63, 3.8) is 0 Å². The van der Waals surface area contributed by atoms with Crippen molar-refractivity contribution >= 4 is 5.82 Å². The summed E-state index contributed by atoms with van der Waals surface area (Å²) >= 11 is 0. The molecule has 0 saturated heterocycles. The van der Waals surface area contributed by atoms with Gasteiger partial charge in [-0.1, -0.05) is 6.92 Å². The van der Waals surface area contributed by atoms with Gasteiger partial charge in [-0.25, -0.2) is 9.97 Å². The van der Waals surface area contributed by atoms with E-state index in [0.717, 1.165) is 17.7 Å². The van der Waals surface area contributed by atoms with Crippen LogP contribution in [0.3, 0.4) is 0 Å². The van der Waals surface area contributed by atoms with Gasteiger partial charge < -0.3 is 10.5 Å². The number of hydrogen-bond donors (Lipinski definition) is 1. The molecule has 0 aliphatic heterocycles. The van der Waals surface area contributed by atoms with E-state index in [0.29, 0.717) is 17.3 Å². The van der Waals surface area contributed by atoms with E-state index in [2.05, 4.69) is 15.0 Å². The molecule has 2 aromatic heterocycles. The number of pyridine rings is 1. The summed E-state index contributed by atoms with van der Waals surface area (Å²) in [4.78, 5) is 12.5. The molecule has 5 nitrogen and oxygen atoms in total. The minimum atomic E-state index is 0.491. The smallest absolute Gasteiger partial charge is 0.146 e. The summed E-state index contributed by atoms with van der Waals surface area (Å²) in [5.74, 6) is 1.17. The van der Waals surface area contributed by atoms with Crippen molar-refractivity contribution in [3.05, 3.63) is 30.2 Å². The van der Waals surface area contributed by atoms with Crippen LogP contribution in [0.15, 0.2) is 24.7 Å². The van der Waals surface area contributed by atoms with Gasteiger partial charge in [0.1, 0.15) is 29.3 Å². The summed E-state index contributed by atoms with van der Waals surface area (Å²) in [6.45, 7) is 2.01. The van der Waals surface area contributed by atoms with Gasteiger partial charge in [-0.15, -0.1) is 0 Å². The van der Waals surface area contributed by atoms with Crippen molar-refractivity contribution < 1.29 is 4.74 Å². The Labute approximate surface area is 99.7 Å². The number of methoxy groups -OCH3 is 1. The summed E-state index contributed by atoms with van der Waals surface area (Å²) in [6.07, 6.45) is 3.90. The van der Waals surface area contributed by atoms with Crippen molar-refractivity contribution in [1.29, 1.82) is 0 Å². The molecule has 0 aromatic carbocycles. The van der Waals surface area contributed by atoms with Crippen LogP contribution >= 0.6 is 0 Å². The van der Waals surface area contributed by atoms with Gasteiger partial charge in [0.25, 0.3) is 0 Å². The Morgan fingerprint density at radius 2 is 2.06 bits per heavy atom. The largest absolute Gasteiger partial charge is 0.494 e. The lowest BCUT2D eigenvalue weighted by molar-refractivity contribution is 0.414. The molecule has 0 aliphatic rings. The highest BCUT2D eigenvalue weighted by atomic mass is 16.5. The molecule has 0 aliphatic carbocycles. The number of nitrogens with two attached hydrogens (primary N) is 1. The van der Waals surface area contributed by atoms with Crippen molar-refractivity contribution in [2.24, 2.45) is 0 Å². The molecular formula is C12H14N4O. The van der Waals surface area contributed by atoms with Crippen LogP contribution in [0.1, 0.15) is 12.5 Å². The molecule has 2 aromatic rings. The fraction of sp³-hybridized carbons (Fsp3) is 0.250. The average Bonchev–Trinajstić information content (AvgIpc) is 2.38. The molecule has 0 spiro atoms. The highest BCUT2D eigenvalue weighted by Gasteiger charge is 2.14. The Balaban J connectivity index is 2.64. The Morgan fingerprint density at radius 1 is 1.24 bits per heavy atom. The monoisotopic (exact) mass is 230 g/mol. The van der Waals surface area contributed by atoms with E-state index in [1.807, 2.05) is 19.1 Å². The Kier molecular flexibility index (Phi) is 3.18. The number of anilines is 1. The van der Waals surface area contributed by atoms with Crippen LogP contribution in [0.2, 0.25) is 0 Å². The molecule has 2 N–H and O–H groups in total. The van der Waals surface area contributed by atoms with Gasteiger partial charge in [-0.2, -0.15) is 0 Å². The molecule has 0 unspecified atom stereocenters. The van der Waals surface area contributed by atoms with Crippen LogP contribution in [0.5, 0.6) is 5.75 Å². The summed E-state index contributed by atoms with van der Waals surface area (Å²) in [5, 5.41) is 0. The molecule has 0 bridgehead atoms. The molecule has 0 radical (unpaired) electrons. The Bertz CT molecular complexity index is 528. The van der Waals surface area contributed by atoms with Crippen LogP contribution in [0.25, 0.3) is 11.4 Å². The zero-order valence-electron chi connectivity index (χ0n) is 9.84. The minimum Gasteiger partial charge on any atom is -0.494 e. The minimum absolute atomic E-state index is 0.491. The molecule has 0 saturated carbocycles. The van der Waals surface area contributed by atoms with Crippen LogP contribution < -0.4 is 10.5 Å². The van der Waals surface area contributed by atoms with E-state index < -0.39 is 0 Å². The number of aromatic nitrogens is 3. The Morgan fingerprint density at radius 3 is 2.76 bits per heavy atom. The zero-order valence-corrected chi connectivity index (χ0v) is 9.84. The van der Waals surface area contributed by atoms with Gasteiger partial charge in [-0.05, 0) is 18.6 Å². The van der Waals surface area contributed by atoms with Crippen LogP contribution in [0, 0.1) is 0 Å². The normalized spacial score (nSPS) is 10.2. The van der Waals surface area contributed by atoms with Crippen LogP contribution in [-0.4, -0.2) is 22.1 Å². The highest BCUT2D eigenvalue weighted by Crippen LogP contribution is 2.29. The quantitative estimate of drug-likeness (QED) is 0.868. The first-order valence-corrected chi connectivity index (χ1v) is 5.36. The third-order valence-electron chi connectivity index (χ3n) is 2.55. The molecule has 88 valence electrons. The predicted octanol–water partition coefficient (Wildman–Crippen LogP) is 1.69. The van der Waals surface area contributed by atoms with E-state index >= 15 is 0 Å². The Hall–Kier alpha value is -2.17. The highest BCUT2D eigenvalue weighted by molar-refractivity contribution is 5.69. The number of nitrogens with zero attached hydrogens (tertiary/aromatic N) is 3. The SMILES string of the molecule is CCc1c(N)ncnc1-c1ncccc1OC. The maximum Gasteiger partial charge on any atom is 0.146 e. The zero-order chi connectivity index (χ0) is 12.3.